The summed E-state index contributed by atoms with van der Waals surface area (Å²) in [7, 11) is 6.61. The van der Waals surface area contributed by atoms with Gasteiger partial charge in [0.1, 0.15) is 12.6 Å². The van der Waals surface area contributed by atoms with Gasteiger partial charge >= 0.3 is 0 Å². The molecule has 0 aromatic heterocycles. The van der Waals surface area contributed by atoms with Crippen LogP contribution in [-0.2, 0) is 9.47 Å². The number of quaternary nitrogens is 1. The lowest BCUT2D eigenvalue weighted by molar-refractivity contribution is -0.873. The quantitative estimate of drug-likeness (QED) is 0.401. The molecule has 0 bridgehead atoms. The van der Waals surface area contributed by atoms with Crippen molar-refractivity contribution in [1.82, 2.24) is 0 Å². The molecular formula is C17H36BrNO2. The van der Waals surface area contributed by atoms with Gasteiger partial charge in [0.15, 0.2) is 6.29 Å². The summed E-state index contributed by atoms with van der Waals surface area (Å²) in [5.74, 6) is 0. The summed E-state index contributed by atoms with van der Waals surface area (Å²) in [6, 6.07) is 0. The molecule has 4 heteroatoms. The average molecular weight is 366 g/mol. The van der Waals surface area contributed by atoms with Crippen LogP contribution in [0.15, 0.2) is 0 Å². The summed E-state index contributed by atoms with van der Waals surface area (Å²) >= 11 is 0. The van der Waals surface area contributed by atoms with E-state index in [9.17, 15) is 0 Å². The number of rotatable bonds is 11. The van der Waals surface area contributed by atoms with E-state index >= 15 is 0 Å². The van der Waals surface area contributed by atoms with E-state index < -0.39 is 0 Å². The molecular weight excluding hydrogens is 330 g/mol. The van der Waals surface area contributed by atoms with Crippen LogP contribution >= 0.6 is 0 Å². The summed E-state index contributed by atoms with van der Waals surface area (Å²) < 4.78 is 12.6. The third-order valence-electron chi connectivity index (χ3n) is 3.86. The fourth-order valence-electron chi connectivity index (χ4n) is 2.81. The first-order chi connectivity index (χ1) is 9.51. The van der Waals surface area contributed by atoms with Gasteiger partial charge in [-0.3, -0.25) is 0 Å². The lowest BCUT2D eigenvalue weighted by Gasteiger charge is -2.26. The molecule has 2 unspecified atom stereocenters. The molecule has 0 spiro atoms. The second kappa shape index (κ2) is 11.9. The van der Waals surface area contributed by atoms with Crippen molar-refractivity contribution >= 4 is 0 Å². The van der Waals surface area contributed by atoms with Crippen LogP contribution < -0.4 is 17.0 Å². The van der Waals surface area contributed by atoms with Crippen molar-refractivity contribution in [2.45, 2.75) is 77.1 Å². The molecule has 1 aliphatic rings. The van der Waals surface area contributed by atoms with Crippen molar-refractivity contribution in [2.75, 3.05) is 34.3 Å². The minimum absolute atomic E-state index is 0. The molecule has 128 valence electrons. The standard InChI is InChI=1S/C17H36NO2.BrH/c1-5-6-7-8-9-10-11-12-13-17-19-15-16(20-17)14-18(2,3)4;/h16-17H,5-15H2,1-4H3;1H/q+1;/p-1. The van der Waals surface area contributed by atoms with Crippen molar-refractivity contribution in [2.24, 2.45) is 0 Å². The highest BCUT2D eigenvalue weighted by Crippen LogP contribution is 2.19. The zero-order chi connectivity index (χ0) is 14.8. The van der Waals surface area contributed by atoms with E-state index in [1.807, 2.05) is 0 Å². The first-order valence-electron chi connectivity index (χ1n) is 8.59. The first-order valence-corrected chi connectivity index (χ1v) is 8.59. The van der Waals surface area contributed by atoms with Gasteiger partial charge in [0.05, 0.1) is 27.7 Å². The fraction of sp³-hybridized carbons (Fsp3) is 1.00. The molecule has 3 nitrogen and oxygen atoms in total. The van der Waals surface area contributed by atoms with Crippen molar-refractivity contribution in [3.8, 4) is 0 Å². The second-order valence-corrected chi connectivity index (χ2v) is 7.26. The highest BCUT2D eigenvalue weighted by Gasteiger charge is 2.29. The Balaban J connectivity index is 0.00000400. The van der Waals surface area contributed by atoms with Crippen LogP contribution in [0.5, 0.6) is 0 Å². The third-order valence-corrected chi connectivity index (χ3v) is 3.86. The van der Waals surface area contributed by atoms with Gasteiger partial charge in [-0.25, -0.2) is 0 Å². The number of likely N-dealkylation sites (N-methyl/N-ethyl adjacent to an activating group) is 1. The molecule has 21 heavy (non-hydrogen) atoms. The molecule has 0 amide bonds. The Morgan fingerprint density at radius 3 is 2.05 bits per heavy atom. The molecule has 0 aliphatic carbocycles. The number of hydrogen-bond acceptors (Lipinski definition) is 2. The molecule has 1 aliphatic heterocycles. The average Bonchev–Trinajstić information content (AvgIpc) is 2.78. The molecule has 2 atom stereocenters. The summed E-state index contributed by atoms with van der Waals surface area (Å²) in [5, 5.41) is 0. The maximum atomic E-state index is 5.96. The van der Waals surface area contributed by atoms with Gasteiger partial charge in [-0.15, -0.1) is 0 Å². The van der Waals surface area contributed by atoms with Gasteiger partial charge in [0.2, 0.25) is 0 Å². The second-order valence-electron chi connectivity index (χ2n) is 7.26. The number of unbranched alkanes of at least 4 members (excludes halogenated alkanes) is 7. The van der Waals surface area contributed by atoms with Crippen molar-refractivity contribution < 1.29 is 30.9 Å². The topological polar surface area (TPSA) is 18.5 Å². The highest BCUT2D eigenvalue weighted by molar-refractivity contribution is 4.65. The molecule has 0 N–H and O–H groups in total. The number of nitrogens with zero attached hydrogens (tertiary/aromatic N) is 1. The van der Waals surface area contributed by atoms with E-state index in [-0.39, 0.29) is 29.4 Å². The Bertz CT molecular complexity index is 243. The van der Waals surface area contributed by atoms with Gasteiger partial charge in [0, 0.05) is 0 Å². The molecule has 0 aromatic rings. The summed E-state index contributed by atoms with van der Waals surface area (Å²) in [6.45, 7) is 4.08. The minimum Gasteiger partial charge on any atom is -1.00 e. The van der Waals surface area contributed by atoms with Crippen LogP contribution in [0.1, 0.15) is 64.7 Å². The monoisotopic (exact) mass is 365 g/mol. The molecule has 1 rings (SSSR count). The van der Waals surface area contributed by atoms with Crippen molar-refractivity contribution in [3.05, 3.63) is 0 Å². The Labute approximate surface area is 142 Å². The molecule has 1 heterocycles. The molecule has 0 aromatic carbocycles. The van der Waals surface area contributed by atoms with Crippen LogP contribution in [-0.4, -0.2) is 51.2 Å². The Kier molecular flexibility index (Phi) is 12.1. The summed E-state index contributed by atoms with van der Waals surface area (Å²) in [6.07, 6.45) is 12.3. The van der Waals surface area contributed by atoms with E-state index in [1.54, 1.807) is 0 Å². The molecule has 1 saturated heterocycles. The van der Waals surface area contributed by atoms with Gasteiger partial charge in [0.25, 0.3) is 0 Å². The third kappa shape index (κ3) is 11.6. The maximum Gasteiger partial charge on any atom is 0.158 e. The summed E-state index contributed by atoms with van der Waals surface area (Å²) in [4.78, 5) is 0. The minimum atomic E-state index is 0. The Hall–Kier alpha value is 0.360. The van der Waals surface area contributed by atoms with Gasteiger partial charge in [-0.05, 0) is 12.8 Å². The van der Waals surface area contributed by atoms with Gasteiger partial charge in [-0.1, -0.05) is 51.9 Å². The van der Waals surface area contributed by atoms with E-state index in [1.165, 1.54) is 51.4 Å². The number of ether oxygens (including phenoxy) is 2. The first kappa shape index (κ1) is 21.4. The highest BCUT2D eigenvalue weighted by atomic mass is 79.9. The number of halogens is 1. The fourth-order valence-corrected chi connectivity index (χ4v) is 2.81. The predicted molar refractivity (Wildman–Crippen MR) is 84.7 cm³/mol. The normalized spacial score (nSPS) is 22.3. The lowest BCUT2D eigenvalue weighted by Crippen LogP contribution is -3.00. The maximum absolute atomic E-state index is 5.96. The predicted octanol–water partition coefficient (Wildman–Crippen LogP) is 0.969. The lowest BCUT2D eigenvalue weighted by atomic mass is 10.1. The van der Waals surface area contributed by atoms with Crippen LogP contribution in [0, 0.1) is 0 Å². The van der Waals surface area contributed by atoms with E-state index in [4.69, 9.17) is 9.47 Å². The molecule has 1 fully saturated rings. The molecule has 0 radical (unpaired) electrons. The summed E-state index contributed by atoms with van der Waals surface area (Å²) in [5.41, 5.74) is 0. The zero-order valence-electron chi connectivity index (χ0n) is 14.6. The zero-order valence-corrected chi connectivity index (χ0v) is 16.2. The number of hydrogen-bond donors (Lipinski definition) is 0. The molecule has 0 saturated carbocycles. The van der Waals surface area contributed by atoms with Crippen LogP contribution in [0.3, 0.4) is 0 Å². The smallest absolute Gasteiger partial charge is 0.158 e. The largest absolute Gasteiger partial charge is 1.00 e. The Morgan fingerprint density at radius 2 is 1.48 bits per heavy atom. The van der Waals surface area contributed by atoms with Crippen molar-refractivity contribution in [1.29, 1.82) is 0 Å². The van der Waals surface area contributed by atoms with Gasteiger partial charge in [-0.2, -0.15) is 0 Å². The van der Waals surface area contributed by atoms with E-state index in [0.29, 0.717) is 0 Å². The van der Waals surface area contributed by atoms with Crippen LogP contribution in [0.2, 0.25) is 0 Å². The van der Waals surface area contributed by atoms with Gasteiger partial charge < -0.3 is 30.9 Å². The Morgan fingerprint density at radius 1 is 0.905 bits per heavy atom. The van der Waals surface area contributed by atoms with Crippen LogP contribution in [0.4, 0.5) is 0 Å². The van der Waals surface area contributed by atoms with E-state index in [0.717, 1.165) is 24.1 Å². The van der Waals surface area contributed by atoms with Crippen molar-refractivity contribution in [3.63, 3.8) is 0 Å². The van der Waals surface area contributed by atoms with E-state index in [2.05, 4.69) is 28.1 Å². The SMILES string of the molecule is CCCCCCCCCCC1OCC(C[N+](C)(C)C)O1.[Br-]. The van der Waals surface area contributed by atoms with Crippen LogP contribution in [0.25, 0.3) is 0 Å².